The van der Waals surface area contributed by atoms with Gasteiger partial charge in [0.15, 0.2) is 0 Å². The fraction of sp³-hybridized carbons (Fsp3) is 0.267. The van der Waals surface area contributed by atoms with Gasteiger partial charge in [-0.2, -0.15) is 9.37 Å². The maximum absolute atomic E-state index is 13.4. The molecule has 1 heterocycles. The quantitative estimate of drug-likeness (QED) is 0.856. The number of rotatable bonds is 3. The Hall–Kier alpha value is -2.10. The molecule has 1 N–H and O–H groups in total. The SMILES string of the molecule is COc1cc(-c2ccc(C(C)C)c(O)c2)cc(F)n1. The topological polar surface area (TPSA) is 42.4 Å². The molecule has 0 fully saturated rings. The summed E-state index contributed by atoms with van der Waals surface area (Å²) in [7, 11) is 1.44. The maximum Gasteiger partial charge on any atom is 0.216 e. The van der Waals surface area contributed by atoms with Gasteiger partial charge in [0.05, 0.1) is 7.11 Å². The van der Waals surface area contributed by atoms with E-state index in [0.717, 1.165) is 11.1 Å². The number of benzene rings is 1. The number of pyridine rings is 1. The zero-order valence-electron chi connectivity index (χ0n) is 11.1. The molecule has 0 amide bonds. The zero-order chi connectivity index (χ0) is 14.0. The van der Waals surface area contributed by atoms with Gasteiger partial charge in [0, 0.05) is 12.1 Å². The van der Waals surface area contributed by atoms with Crippen LogP contribution in [0.4, 0.5) is 4.39 Å². The van der Waals surface area contributed by atoms with E-state index in [-0.39, 0.29) is 17.5 Å². The Kier molecular flexibility index (Phi) is 3.69. The number of phenols is 1. The molecule has 0 atom stereocenters. The first-order chi connectivity index (χ1) is 9.01. The van der Waals surface area contributed by atoms with Gasteiger partial charge in [-0.1, -0.05) is 26.0 Å². The first-order valence-corrected chi connectivity index (χ1v) is 6.06. The van der Waals surface area contributed by atoms with Crippen molar-refractivity contribution in [3.63, 3.8) is 0 Å². The van der Waals surface area contributed by atoms with Crippen LogP contribution >= 0.6 is 0 Å². The first-order valence-electron chi connectivity index (χ1n) is 6.06. The largest absolute Gasteiger partial charge is 0.508 e. The Morgan fingerprint density at radius 1 is 1.16 bits per heavy atom. The average Bonchev–Trinajstić information content (AvgIpc) is 2.37. The number of halogens is 1. The van der Waals surface area contributed by atoms with Crippen LogP contribution in [-0.4, -0.2) is 17.2 Å². The molecule has 0 bridgehead atoms. The fourth-order valence-electron chi connectivity index (χ4n) is 1.96. The summed E-state index contributed by atoms with van der Waals surface area (Å²) >= 11 is 0. The molecule has 2 rings (SSSR count). The van der Waals surface area contributed by atoms with Crippen molar-refractivity contribution in [2.45, 2.75) is 19.8 Å². The van der Waals surface area contributed by atoms with E-state index >= 15 is 0 Å². The highest BCUT2D eigenvalue weighted by Gasteiger charge is 2.09. The van der Waals surface area contributed by atoms with Crippen LogP contribution in [0.2, 0.25) is 0 Å². The monoisotopic (exact) mass is 261 g/mol. The predicted octanol–water partition coefficient (Wildman–Crippen LogP) is 3.73. The van der Waals surface area contributed by atoms with Crippen LogP contribution < -0.4 is 4.74 Å². The van der Waals surface area contributed by atoms with Gasteiger partial charge in [-0.05, 0) is 28.7 Å². The second-order valence-corrected chi connectivity index (χ2v) is 4.65. The summed E-state index contributed by atoms with van der Waals surface area (Å²) in [4.78, 5) is 3.59. The van der Waals surface area contributed by atoms with Gasteiger partial charge in [0.2, 0.25) is 11.8 Å². The molecule has 0 aliphatic carbocycles. The molecule has 0 spiro atoms. The van der Waals surface area contributed by atoms with E-state index in [1.807, 2.05) is 26.0 Å². The van der Waals surface area contributed by atoms with E-state index in [4.69, 9.17) is 4.74 Å². The number of phenolic OH excluding ortho intramolecular Hbond substituents is 1. The molecule has 100 valence electrons. The Labute approximate surface area is 111 Å². The van der Waals surface area contributed by atoms with E-state index in [1.165, 1.54) is 13.2 Å². The van der Waals surface area contributed by atoms with Gasteiger partial charge >= 0.3 is 0 Å². The van der Waals surface area contributed by atoms with Crippen molar-refractivity contribution in [3.05, 3.63) is 41.8 Å². The van der Waals surface area contributed by atoms with Gasteiger partial charge in [-0.15, -0.1) is 0 Å². The molecule has 0 radical (unpaired) electrons. The van der Waals surface area contributed by atoms with E-state index in [1.54, 1.807) is 12.1 Å². The van der Waals surface area contributed by atoms with Crippen LogP contribution in [0.15, 0.2) is 30.3 Å². The summed E-state index contributed by atoms with van der Waals surface area (Å²) in [6.45, 7) is 4.01. The molecule has 0 saturated heterocycles. The van der Waals surface area contributed by atoms with Crippen LogP contribution in [0.3, 0.4) is 0 Å². The second kappa shape index (κ2) is 5.26. The van der Waals surface area contributed by atoms with Crippen molar-refractivity contribution in [3.8, 4) is 22.8 Å². The molecule has 3 nitrogen and oxygen atoms in total. The van der Waals surface area contributed by atoms with Crippen molar-refractivity contribution >= 4 is 0 Å². The van der Waals surface area contributed by atoms with Crippen molar-refractivity contribution in [1.82, 2.24) is 4.98 Å². The van der Waals surface area contributed by atoms with Crippen molar-refractivity contribution < 1.29 is 14.2 Å². The minimum Gasteiger partial charge on any atom is -0.508 e. The van der Waals surface area contributed by atoms with Crippen LogP contribution in [-0.2, 0) is 0 Å². The minimum atomic E-state index is -0.609. The number of aromatic nitrogens is 1. The lowest BCUT2D eigenvalue weighted by Crippen LogP contribution is -1.93. The summed E-state index contributed by atoms with van der Waals surface area (Å²) < 4.78 is 18.3. The minimum absolute atomic E-state index is 0.211. The summed E-state index contributed by atoms with van der Waals surface area (Å²) in [6.07, 6.45) is 0. The number of methoxy groups -OCH3 is 1. The highest BCUT2D eigenvalue weighted by atomic mass is 19.1. The van der Waals surface area contributed by atoms with Gasteiger partial charge in [-0.3, -0.25) is 0 Å². The zero-order valence-corrected chi connectivity index (χ0v) is 11.1. The van der Waals surface area contributed by atoms with Crippen molar-refractivity contribution in [1.29, 1.82) is 0 Å². The summed E-state index contributed by atoms with van der Waals surface area (Å²) in [5, 5.41) is 9.98. The van der Waals surface area contributed by atoms with Gasteiger partial charge in [0.25, 0.3) is 0 Å². The smallest absolute Gasteiger partial charge is 0.216 e. The van der Waals surface area contributed by atoms with Gasteiger partial charge in [-0.25, -0.2) is 0 Å². The third-order valence-corrected chi connectivity index (χ3v) is 2.97. The Morgan fingerprint density at radius 2 is 1.89 bits per heavy atom. The standard InChI is InChI=1S/C15H16FNO2/c1-9(2)12-5-4-10(6-13(12)18)11-7-14(16)17-15(8-11)19-3/h4-9,18H,1-3H3. The summed E-state index contributed by atoms with van der Waals surface area (Å²) in [5.41, 5.74) is 2.21. The molecule has 0 aliphatic heterocycles. The van der Waals surface area contributed by atoms with Crippen molar-refractivity contribution in [2.24, 2.45) is 0 Å². The van der Waals surface area contributed by atoms with E-state index in [9.17, 15) is 9.50 Å². The van der Waals surface area contributed by atoms with Crippen molar-refractivity contribution in [2.75, 3.05) is 7.11 Å². The molecule has 2 aromatic rings. The highest BCUT2D eigenvalue weighted by Crippen LogP contribution is 2.31. The number of aromatic hydroxyl groups is 1. The average molecular weight is 261 g/mol. The van der Waals surface area contributed by atoms with Crippen LogP contribution in [0.1, 0.15) is 25.3 Å². The van der Waals surface area contributed by atoms with E-state index in [2.05, 4.69) is 4.98 Å². The van der Waals surface area contributed by atoms with Gasteiger partial charge < -0.3 is 9.84 Å². The van der Waals surface area contributed by atoms with E-state index < -0.39 is 5.95 Å². The molecule has 0 saturated carbocycles. The van der Waals surface area contributed by atoms with Crippen LogP contribution in [0, 0.1) is 5.95 Å². The second-order valence-electron chi connectivity index (χ2n) is 4.65. The molecule has 0 unspecified atom stereocenters. The van der Waals surface area contributed by atoms with Gasteiger partial charge in [0.1, 0.15) is 5.75 Å². The summed E-state index contributed by atoms with van der Waals surface area (Å²) in [5.74, 6) is 0.0469. The number of hydrogen-bond donors (Lipinski definition) is 1. The number of ether oxygens (including phenoxy) is 1. The molecule has 0 aliphatic rings. The number of nitrogens with zero attached hydrogens (tertiary/aromatic N) is 1. The highest BCUT2D eigenvalue weighted by molar-refractivity contribution is 5.66. The Morgan fingerprint density at radius 3 is 2.47 bits per heavy atom. The molecular formula is C15H16FNO2. The third kappa shape index (κ3) is 2.84. The molecular weight excluding hydrogens is 245 g/mol. The molecule has 1 aromatic heterocycles. The van der Waals surface area contributed by atoms with Crippen LogP contribution in [0.25, 0.3) is 11.1 Å². The maximum atomic E-state index is 13.4. The summed E-state index contributed by atoms with van der Waals surface area (Å²) in [6, 6.07) is 8.27. The van der Waals surface area contributed by atoms with Crippen LogP contribution in [0.5, 0.6) is 11.6 Å². The number of hydrogen-bond acceptors (Lipinski definition) is 3. The lowest BCUT2D eigenvalue weighted by Gasteiger charge is -2.10. The lowest BCUT2D eigenvalue weighted by atomic mass is 9.98. The lowest BCUT2D eigenvalue weighted by molar-refractivity contribution is 0.388. The first kappa shape index (κ1) is 13.3. The molecule has 4 heteroatoms. The molecule has 1 aromatic carbocycles. The van der Waals surface area contributed by atoms with E-state index in [0.29, 0.717) is 5.56 Å². The fourth-order valence-corrected chi connectivity index (χ4v) is 1.96. The third-order valence-electron chi connectivity index (χ3n) is 2.97. The molecule has 19 heavy (non-hydrogen) atoms. The normalized spacial score (nSPS) is 10.8. The Balaban J connectivity index is 2.47. The predicted molar refractivity (Wildman–Crippen MR) is 71.9 cm³/mol. The Bertz CT molecular complexity index is 597.